The number of hydrogen-bond donors (Lipinski definition) is 2. The number of ether oxygens (including phenoxy) is 1. The lowest BCUT2D eigenvalue weighted by atomic mass is 10.1. The summed E-state index contributed by atoms with van der Waals surface area (Å²) in [7, 11) is 5.55. The number of furan rings is 1. The van der Waals surface area contributed by atoms with Crippen molar-refractivity contribution in [2.45, 2.75) is 6.04 Å². The van der Waals surface area contributed by atoms with Crippen LogP contribution < -0.4 is 15.4 Å². The van der Waals surface area contributed by atoms with Gasteiger partial charge in [-0.1, -0.05) is 12.1 Å². The molecule has 0 radical (unpaired) electrons. The van der Waals surface area contributed by atoms with Gasteiger partial charge in [0.05, 0.1) is 29.3 Å². The van der Waals surface area contributed by atoms with Crippen molar-refractivity contribution in [1.29, 1.82) is 0 Å². The zero-order valence-corrected chi connectivity index (χ0v) is 17.3. The van der Waals surface area contributed by atoms with Crippen molar-refractivity contribution in [1.82, 2.24) is 10.2 Å². The van der Waals surface area contributed by atoms with Gasteiger partial charge in [0.15, 0.2) is 5.76 Å². The van der Waals surface area contributed by atoms with Gasteiger partial charge in [0, 0.05) is 6.54 Å². The molecule has 8 heteroatoms. The predicted molar refractivity (Wildman–Crippen MR) is 113 cm³/mol. The van der Waals surface area contributed by atoms with Crippen LogP contribution in [0.1, 0.15) is 31.8 Å². The molecule has 2 aromatic heterocycles. The first-order valence-electron chi connectivity index (χ1n) is 9.01. The average molecular weight is 413 g/mol. The minimum atomic E-state index is -0.352. The van der Waals surface area contributed by atoms with E-state index in [0.717, 1.165) is 11.3 Å². The van der Waals surface area contributed by atoms with Crippen molar-refractivity contribution in [2.24, 2.45) is 0 Å². The highest BCUT2D eigenvalue weighted by Gasteiger charge is 2.18. The van der Waals surface area contributed by atoms with Crippen molar-refractivity contribution < 1.29 is 18.7 Å². The van der Waals surface area contributed by atoms with Crippen LogP contribution in [0.2, 0.25) is 0 Å². The van der Waals surface area contributed by atoms with E-state index in [1.165, 1.54) is 17.6 Å². The lowest BCUT2D eigenvalue weighted by Crippen LogP contribution is -2.34. The Bertz CT molecular complexity index is 966. The van der Waals surface area contributed by atoms with Crippen molar-refractivity contribution in [3.05, 3.63) is 71.0 Å². The van der Waals surface area contributed by atoms with Gasteiger partial charge in [-0.2, -0.15) is 0 Å². The Morgan fingerprint density at radius 3 is 2.66 bits per heavy atom. The normalized spacial score (nSPS) is 11.9. The lowest BCUT2D eigenvalue weighted by molar-refractivity contribution is 0.0944. The second kappa shape index (κ2) is 9.40. The molecule has 0 saturated heterocycles. The summed E-state index contributed by atoms with van der Waals surface area (Å²) in [5.74, 6) is 0.449. The van der Waals surface area contributed by atoms with Gasteiger partial charge in [0.1, 0.15) is 5.75 Å². The highest BCUT2D eigenvalue weighted by molar-refractivity contribution is 7.18. The van der Waals surface area contributed by atoms with Crippen LogP contribution in [0.4, 0.5) is 5.00 Å². The smallest absolute Gasteiger partial charge is 0.291 e. The molecule has 0 aliphatic rings. The third-order valence-corrected chi connectivity index (χ3v) is 5.37. The predicted octanol–water partition coefficient (Wildman–Crippen LogP) is 3.63. The highest BCUT2D eigenvalue weighted by atomic mass is 32.1. The number of benzene rings is 1. The van der Waals surface area contributed by atoms with Crippen molar-refractivity contribution in [3.8, 4) is 5.75 Å². The van der Waals surface area contributed by atoms with E-state index in [1.54, 1.807) is 31.4 Å². The zero-order valence-electron chi connectivity index (χ0n) is 16.5. The monoisotopic (exact) mass is 413 g/mol. The summed E-state index contributed by atoms with van der Waals surface area (Å²) in [6.07, 6.45) is 1.44. The summed E-state index contributed by atoms with van der Waals surface area (Å²) >= 11 is 1.21. The Labute approximate surface area is 173 Å². The summed E-state index contributed by atoms with van der Waals surface area (Å²) in [5.41, 5.74) is 1.05. The van der Waals surface area contributed by atoms with Crippen LogP contribution in [-0.2, 0) is 0 Å². The Morgan fingerprint density at radius 1 is 1.14 bits per heavy atom. The molecular formula is C21H23N3O4S. The fourth-order valence-electron chi connectivity index (χ4n) is 2.83. The molecule has 0 bridgehead atoms. The van der Waals surface area contributed by atoms with Crippen LogP contribution in [0.15, 0.2) is 59.2 Å². The van der Waals surface area contributed by atoms with Crippen LogP contribution in [-0.4, -0.2) is 44.5 Å². The molecule has 0 fully saturated rings. The summed E-state index contributed by atoms with van der Waals surface area (Å²) in [6, 6.07) is 14.4. The topological polar surface area (TPSA) is 83.8 Å². The molecule has 0 saturated carbocycles. The molecule has 0 aliphatic carbocycles. The fourth-order valence-corrected chi connectivity index (χ4v) is 3.65. The van der Waals surface area contributed by atoms with E-state index in [0.29, 0.717) is 16.4 Å². The van der Waals surface area contributed by atoms with Gasteiger partial charge in [0.2, 0.25) is 0 Å². The molecule has 2 amide bonds. The van der Waals surface area contributed by atoms with Crippen molar-refractivity contribution >= 4 is 28.2 Å². The number of likely N-dealkylation sites (N-methyl/N-ethyl adjacent to an activating group) is 1. The second-order valence-corrected chi connectivity index (χ2v) is 7.65. The van der Waals surface area contributed by atoms with Crippen LogP contribution in [0.3, 0.4) is 0 Å². The maximum Gasteiger partial charge on any atom is 0.291 e. The van der Waals surface area contributed by atoms with Crippen LogP contribution in [0.25, 0.3) is 0 Å². The number of amides is 2. The Kier molecular flexibility index (Phi) is 6.69. The lowest BCUT2D eigenvalue weighted by Gasteiger charge is -2.25. The summed E-state index contributed by atoms with van der Waals surface area (Å²) in [6.45, 7) is 0.436. The molecule has 2 heterocycles. The van der Waals surface area contributed by atoms with Gasteiger partial charge in [0.25, 0.3) is 11.8 Å². The summed E-state index contributed by atoms with van der Waals surface area (Å²) < 4.78 is 10.4. The highest BCUT2D eigenvalue weighted by Crippen LogP contribution is 2.24. The SMILES string of the molecule is COc1cccc([C@H](CNC(=O)c2ccc(NC(=O)c3ccco3)s2)N(C)C)c1. The number of methoxy groups -OCH3 is 1. The van der Waals surface area contributed by atoms with Gasteiger partial charge in [-0.15, -0.1) is 11.3 Å². The molecule has 1 atom stereocenters. The van der Waals surface area contributed by atoms with Gasteiger partial charge >= 0.3 is 0 Å². The van der Waals surface area contributed by atoms with E-state index in [-0.39, 0.29) is 23.6 Å². The molecule has 7 nitrogen and oxygen atoms in total. The van der Waals surface area contributed by atoms with E-state index in [2.05, 4.69) is 10.6 Å². The van der Waals surface area contributed by atoms with Gasteiger partial charge in [-0.25, -0.2) is 0 Å². The van der Waals surface area contributed by atoms with E-state index in [1.807, 2.05) is 43.3 Å². The van der Waals surface area contributed by atoms with E-state index in [9.17, 15) is 9.59 Å². The standard InChI is InChI=1S/C21H23N3O4S/c1-24(2)16(14-6-4-7-15(12-14)27-3)13-22-21(26)18-9-10-19(29-18)23-20(25)17-8-5-11-28-17/h4-12,16H,13H2,1-3H3,(H,22,26)(H,23,25)/t16-/m0/s1. The van der Waals surface area contributed by atoms with Crippen LogP contribution in [0, 0.1) is 0 Å². The molecule has 29 heavy (non-hydrogen) atoms. The maximum absolute atomic E-state index is 12.6. The average Bonchev–Trinajstić information content (AvgIpc) is 3.40. The largest absolute Gasteiger partial charge is 0.497 e. The van der Waals surface area contributed by atoms with Gasteiger partial charge in [-0.3, -0.25) is 9.59 Å². The van der Waals surface area contributed by atoms with Gasteiger partial charge in [-0.05, 0) is 56.1 Å². The minimum absolute atomic E-state index is 0.00728. The molecular weight excluding hydrogens is 390 g/mol. The first kappa shape index (κ1) is 20.6. The van der Waals surface area contributed by atoms with E-state index < -0.39 is 0 Å². The number of hydrogen-bond acceptors (Lipinski definition) is 6. The van der Waals surface area contributed by atoms with Gasteiger partial charge < -0.3 is 24.7 Å². The molecule has 1 aromatic carbocycles. The number of nitrogens with zero attached hydrogens (tertiary/aromatic N) is 1. The molecule has 3 rings (SSSR count). The number of thiophene rings is 1. The molecule has 2 N–H and O–H groups in total. The van der Waals surface area contributed by atoms with Crippen LogP contribution in [0.5, 0.6) is 5.75 Å². The third-order valence-electron chi connectivity index (χ3n) is 4.37. The quantitative estimate of drug-likeness (QED) is 0.589. The Balaban J connectivity index is 1.62. The van der Waals surface area contributed by atoms with Crippen molar-refractivity contribution in [3.63, 3.8) is 0 Å². The third kappa shape index (κ3) is 5.24. The first-order valence-corrected chi connectivity index (χ1v) is 9.83. The Hall–Kier alpha value is -3.10. The number of rotatable bonds is 8. The van der Waals surface area contributed by atoms with Crippen molar-refractivity contribution in [2.75, 3.05) is 33.1 Å². The summed E-state index contributed by atoms with van der Waals surface area (Å²) in [5, 5.41) is 6.27. The number of anilines is 1. The zero-order chi connectivity index (χ0) is 20.8. The number of carbonyl (C=O) groups excluding carboxylic acids is 2. The first-order chi connectivity index (χ1) is 14.0. The molecule has 0 aliphatic heterocycles. The Morgan fingerprint density at radius 2 is 1.97 bits per heavy atom. The summed E-state index contributed by atoms with van der Waals surface area (Å²) in [4.78, 5) is 27.2. The molecule has 0 unspecified atom stereocenters. The minimum Gasteiger partial charge on any atom is -0.497 e. The fraction of sp³-hybridized carbons (Fsp3) is 0.238. The molecule has 0 spiro atoms. The maximum atomic E-state index is 12.6. The molecule has 3 aromatic rings. The van der Waals surface area contributed by atoms with Crippen LogP contribution >= 0.6 is 11.3 Å². The number of carbonyl (C=O) groups is 2. The second-order valence-electron chi connectivity index (χ2n) is 6.56. The van der Waals surface area contributed by atoms with E-state index >= 15 is 0 Å². The van der Waals surface area contributed by atoms with E-state index in [4.69, 9.17) is 9.15 Å². The number of nitrogens with one attached hydrogen (secondary N) is 2. The molecule has 152 valence electrons.